The number of aromatic amines is 1. The molecule has 0 aliphatic carbocycles. The summed E-state index contributed by atoms with van der Waals surface area (Å²) in [6.07, 6.45) is 3.06. The first kappa shape index (κ1) is 18.2. The molecule has 1 saturated heterocycles. The van der Waals surface area contributed by atoms with Crippen LogP contribution in [0.5, 0.6) is 0 Å². The quantitative estimate of drug-likeness (QED) is 0.678. The van der Waals surface area contributed by atoms with Crippen LogP contribution in [0.1, 0.15) is 72.1 Å². The van der Waals surface area contributed by atoms with Crippen LogP contribution in [0.3, 0.4) is 0 Å². The lowest BCUT2D eigenvalue weighted by molar-refractivity contribution is -0.140. The number of rotatable bonds is 4. The van der Waals surface area contributed by atoms with Crippen molar-refractivity contribution < 1.29 is 19.1 Å². The van der Waals surface area contributed by atoms with Crippen LogP contribution in [0.2, 0.25) is 0 Å². The van der Waals surface area contributed by atoms with Crippen molar-refractivity contribution in [3.05, 3.63) is 22.5 Å². The summed E-state index contributed by atoms with van der Waals surface area (Å²) in [5.41, 5.74) is 1.95. The fourth-order valence-corrected chi connectivity index (χ4v) is 3.67. The number of carbonyl (C=O) groups is 3. The predicted octanol–water partition coefficient (Wildman–Crippen LogP) is 2.78. The van der Waals surface area contributed by atoms with Crippen LogP contribution in [0.15, 0.2) is 0 Å². The number of hydrogen-bond acceptors (Lipinski definition) is 4. The van der Waals surface area contributed by atoms with E-state index in [1.807, 2.05) is 18.7 Å². The second kappa shape index (κ2) is 7.20. The van der Waals surface area contributed by atoms with Gasteiger partial charge >= 0.3 is 5.97 Å². The number of carbonyl (C=O) groups excluding carboxylic acids is 3. The standard InChI is InChI=1S/C18H26N2O4/c1-10-7-6-8-11(2)20(10)15(22)9-24-18(23)17-12(3)16(14(5)21)13(4)19-17/h10-11,19H,6-9H2,1-5H3/t10-,11-/m0/s1. The van der Waals surface area contributed by atoms with Gasteiger partial charge in [-0.15, -0.1) is 0 Å². The highest BCUT2D eigenvalue weighted by Crippen LogP contribution is 2.23. The van der Waals surface area contributed by atoms with Crippen molar-refractivity contribution in [1.82, 2.24) is 9.88 Å². The number of amides is 1. The number of piperidine rings is 1. The Morgan fingerprint density at radius 3 is 2.25 bits per heavy atom. The minimum absolute atomic E-state index is 0.104. The fraction of sp³-hybridized carbons (Fsp3) is 0.611. The van der Waals surface area contributed by atoms with E-state index in [9.17, 15) is 14.4 Å². The third-order valence-corrected chi connectivity index (χ3v) is 4.80. The van der Waals surface area contributed by atoms with Crippen LogP contribution < -0.4 is 0 Å². The largest absolute Gasteiger partial charge is 0.451 e. The van der Waals surface area contributed by atoms with Crippen molar-refractivity contribution in [3.8, 4) is 0 Å². The first-order valence-electron chi connectivity index (χ1n) is 8.42. The molecular weight excluding hydrogens is 308 g/mol. The molecule has 6 heteroatoms. The summed E-state index contributed by atoms with van der Waals surface area (Å²) < 4.78 is 5.20. The zero-order chi connectivity index (χ0) is 18.0. The molecule has 1 aliphatic rings. The highest BCUT2D eigenvalue weighted by atomic mass is 16.5. The molecule has 2 atom stereocenters. The predicted molar refractivity (Wildman–Crippen MR) is 90.2 cm³/mol. The highest BCUT2D eigenvalue weighted by molar-refractivity contribution is 6.01. The molecule has 0 saturated carbocycles. The monoisotopic (exact) mass is 334 g/mol. The molecule has 0 spiro atoms. The molecular formula is C18H26N2O4. The van der Waals surface area contributed by atoms with Crippen molar-refractivity contribution in [3.63, 3.8) is 0 Å². The van der Waals surface area contributed by atoms with Crippen LogP contribution in [-0.4, -0.2) is 46.2 Å². The lowest BCUT2D eigenvalue weighted by atomic mass is 9.97. The van der Waals surface area contributed by atoms with Crippen LogP contribution in [0, 0.1) is 13.8 Å². The normalized spacial score (nSPS) is 20.8. The van der Waals surface area contributed by atoms with Gasteiger partial charge in [-0.05, 0) is 59.4 Å². The zero-order valence-corrected chi connectivity index (χ0v) is 15.1. The first-order valence-corrected chi connectivity index (χ1v) is 8.42. The maximum absolute atomic E-state index is 12.4. The van der Waals surface area contributed by atoms with E-state index < -0.39 is 5.97 Å². The summed E-state index contributed by atoms with van der Waals surface area (Å²) in [6, 6.07) is 0.331. The van der Waals surface area contributed by atoms with Gasteiger partial charge in [0.1, 0.15) is 5.69 Å². The number of H-pyrrole nitrogens is 1. The molecule has 132 valence electrons. The molecule has 2 rings (SSSR count). The topological polar surface area (TPSA) is 79.5 Å². The van der Waals surface area contributed by atoms with E-state index in [0.29, 0.717) is 16.8 Å². The summed E-state index contributed by atoms with van der Waals surface area (Å²) in [6.45, 7) is 8.66. The lowest BCUT2D eigenvalue weighted by Crippen LogP contribution is -2.49. The number of likely N-dealkylation sites (tertiary alicyclic amines) is 1. The number of nitrogens with one attached hydrogen (secondary N) is 1. The summed E-state index contributed by atoms with van der Waals surface area (Å²) in [7, 11) is 0. The number of aryl methyl sites for hydroxylation is 1. The van der Waals surface area contributed by atoms with Crippen LogP contribution >= 0.6 is 0 Å². The van der Waals surface area contributed by atoms with Crippen molar-refractivity contribution in [2.75, 3.05) is 6.61 Å². The fourth-order valence-electron chi connectivity index (χ4n) is 3.67. The van der Waals surface area contributed by atoms with Crippen molar-refractivity contribution in [2.45, 2.75) is 66.0 Å². The Kier molecular flexibility index (Phi) is 5.47. The van der Waals surface area contributed by atoms with E-state index in [2.05, 4.69) is 4.98 Å². The Labute approximate surface area is 142 Å². The van der Waals surface area contributed by atoms with Gasteiger partial charge in [0.05, 0.1) is 0 Å². The number of ketones is 1. The van der Waals surface area contributed by atoms with Crippen molar-refractivity contribution >= 4 is 17.7 Å². The van der Waals surface area contributed by atoms with E-state index >= 15 is 0 Å². The molecule has 0 bridgehead atoms. The maximum atomic E-state index is 12.4. The SMILES string of the molecule is CC(=O)c1c(C)[nH]c(C(=O)OCC(=O)N2[C@@H](C)CCC[C@@H]2C)c1C. The van der Waals surface area contributed by atoms with Crippen molar-refractivity contribution in [2.24, 2.45) is 0 Å². The third-order valence-electron chi connectivity index (χ3n) is 4.80. The average molecular weight is 334 g/mol. The number of hydrogen-bond donors (Lipinski definition) is 1. The molecule has 0 unspecified atom stereocenters. The number of aromatic nitrogens is 1. The van der Waals surface area contributed by atoms with E-state index in [-0.39, 0.29) is 36.1 Å². The number of nitrogens with zero attached hydrogens (tertiary/aromatic N) is 1. The van der Waals surface area contributed by atoms with Crippen molar-refractivity contribution in [1.29, 1.82) is 0 Å². The molecule has 1 aromatic heterocycles. The maximum Gasteiger partial charge on any atom is 0.355 e. The Morgan fingerprint density at radius 2 is 1.75 bits per heavy atom. The Balaban J connectivity index is 2.04. The Bertz CT molecular complexity index is 652. The molecule has 1 aromatic rings. The summed E-state index contributed by atoms with van der Waals surface area (Å²) in [4.78, 5) is 41.0. The Hall–Kier alpha value is -2.11. The Morgan fingerprint density at radius 1 is 1.17 bits per heavy atom. The van der Waals surface area contributed by atoms with Gasteiger partial charge in [-0.25, -0.2) is 4.79 Å². The molecule has 1 N–H and O–H groups in total. The first-order chi connectivity index (χ1) is 11.2. The summed E-state index contributed by atoms with van der Waals surface area (Å²) >= 11 is 0. The molecule has 1 aliphatic heterocycles. The van der Waals surface area contributed by atoms with E-state index in [1.165, 1.54) is 6.92 Å². The molecule has 0 aromatic carbocycles. The van der Waals surface area contributed by atoms with Crippen LogP contribution in [0.25, 0.3) is 0 Å². The summed E-state index contributed by atoms with van der Waals surface area (Å²) in [5, 5.41) is 0. The minimum atomic E-state index is -0.603. The van der Waals surface area contributed by atoms with E-state index in [4.69, 9.17) is 4.74 Å². The molecule has 24 heavy (non-hydrogen) atoms. The number of ether oxygens (including phenoxy) is 1. The minimum Gasteiger partial charge on any atom is -0.451 e. The van der Waals surface area contributed by atoms with E-state index in [0.717, 1.165) is 19.3 Å². The van der Waals surface area contributed by atoms with Crippen LogP contribution in [0.4, 0.5) is 0 Å². The number of esters is 1. The smallest absolute Gasteiger partial charge is 0.355 e. The number of Topliss-reactive ketones (excluding diaryl/α,β-unsaturated/α-hetero) is 1. The van der Waals surface area contributed by atoms with Gasteiger partial charge in [-0.3, -0.25) is 9.59 Å². The van der Waals surface area contributed by atoms with Gasteiger partial charge in [0, 0.05) is 23.3 Å². The summed E-state index contributed by atoms with van der Waals surface area (Å²) in [5.74, 6) is -0.878. The molecule has 6 nitrogen and oxygen atoms in total. The van der Waals surface area contributed by atoms with Gasteiger partial charge < -0.3 is 14.6 Å². The average Bonchev–Trinajstić information content (AvgIpc) is 2.79. The van der Waals surface area contributed by atoms with E-state index in [1.54, 1.807) is 13.8 Å². The highest BCUT2D eigenvalue weighted by Gasteiger charge is 2.30. The van der Waals surface area contributed by atoms with Gasteiger partial charge in [-0.2, -0.15) is 0 Å². The van der Waals surface area contributed by atoms with Crippen LogP contribution in [-0.2, 0) is 9.53 Å². The molecule has 2 heterocycles. The van der Waals surface area contributed by atoms with Gasteiger partial charge in [0.25, 0.3) is 5.91 Å². The third kappa shape index (κ3) is 3.52. The molecule has 1 fully saturated rings. The van der Waals surface area contributed by atoms with Gasteiger partial charge in [0.2, 0.25) is 0 Å². The molecule has 1 amide bonds. The zero-order valence-electron chi connectivity index (χ0n) is 15.1. The van der Waals surface area contributed by atoms with Gasteiger partial charge in [-0.1, -0.05) is 0 Å². The molecule has 0 radical (unpaired) electrons. The second-order valence-corrected chi connectivity index (χ2v) is 6.69. The lowest BCUT2D eigenvalue weighted by Gasteiger charge is -2.38. The van der Waals surface area contributed by atoms with Gasteiger partial charge in [0.15, 0.2) is 12.4 Å². The second-order valence-electron chi connectivity index (χ2n) is 6.69.